The fourth-order valence-corrected chi connectivity index (χ4v) is 3.99. The topological polar surface area (TPSA) is 61.8 Å². The highest BCUT2D eigenvalue weighted by Gasteiger charge is 2.14. The highest BCUT2D eigenvalue weighted by Crippen LogP contribution is 2.20. The number of carbonyl (C=O) groups excluding carboxylic acids is 2. The molecule has 0 aromatic heterocycles. The summed E-state index contributed by atoms with van der Waals surface area (Å²) in [7, 11) is 2.62. The quantitative estimate of drug-likeness (QED) is 0.146. The van der Waals surface area contributed by atoms with Crippen LogP contribution in [0.15, 0.2) is 18.2 Å². The van der Waals surface area contributed by atoms with Gasteiger partial charge in [0, 0.05) is 0 Å². The van der Waals surface area contributed by atoms with Crippen molar-refractivity contribution < 1.29 is 23.8 Å². The Balaban J connectivity index is 2.06. The van der Waals surface area contributed by atoms with Crippen molar-refractivity contribution in [3.05, 3.63) is 29.3 Å². The third kappa shape index (κ3) is 14.0. The van der Waals surface area contributed by atoms with Crippen LogP contribution >= 0.6 is 0 Å². The number of hydrogen-bond donors (Lipinski definition) is 0. The van der Waals surface area contributed by atoms with E-state index in [0.717, 1.165) is 12.8 Å². The Morgan fingerprint density at radius 1 is 0.576 bits per heavy atom. The second-order valence-corrected chi connectivity index (χ2v) is 8.88. The van der Waals surface area contributed by atoms with Crippen molar-refractivity contribution >= 4 is 11.9 Å². The van der Waals surface area contributed by atoms with Gasteiger partial charge >= 0.3 is 11.9 Å². The molecule has 1 aromatic rings. The number of ether oxygens (including phenoxy) is 3. The molecule has 0 saturated carbocycles. The van der Waals surface area contributed by atoms with Crippen LogP contribution in [0.3, 0.4) is 0 Å². The summed E-state index contributed by atoms with van der Waals surface area (Å²) in [5.41, 5.74) is 0.560. The number of carbonyl (C=O) groups is 2. The van der Waals surface area contributed by atoms with Crippen LogP contribution in [0.1, 0.15) is 130 Å². The fraction of sp³-hybridized carbons (Fsp3) is 0.714. The third-order valence-corrected chi connectivity index (χ3v) is 6.02. The van der Waals surface area contributed by atoms with Crippen molar-refractivity contribution in [3.63, 3.8) is 0 Å². The molecule has 5 nitrogen and oxygen atoms in total. The lowest BCUT2D eigenvalue weighted by molar-refractivity contribution is 0.0598. The Bertz CT molecular complexity index is 621. The Morgan fingerprint density at radius 2 is 0.939 bits per heavy atom. The van der Waals surface area contributed by atoms with E-state index in [2.05, 4.69) is 6.92 Å². The molecule has 0 saturated heterocycles. The van der Waals surface area contributed by atoms with Gasteiger partial charge in [-0.1, -0.05) is 103 Å². The molecule has 188 valence electrons. The number of hydrogen-bond acceptors (Lipinski definition) is 5. The first-order chi connectivity index (χ1) is 16.1. The molecule has 0 heterocycles. The van der Waals surface area contributed by atoms with Gasteiger partial charge < -0.3 is 14.2 Å². The van der Waals surface area contributed by atoms with E-state index in [1.807, 2.05) is 0 Å². The van der Waals surface area contributed by atoms with Crippen molar-refractivity contribution in [2.75, 3.05) is 20.8 Å². The lowest BCUT2D eigenvalue weighted by Gasteiger charge is -2.10. The van der Waals surface area contributed by atoms with Crippen molar-refractivity contribution in [3.8, 4) is 5.75 Å². The zero-order valence-corrected chi connectivity index (χ0v) is 21.3. The molecule has 0 fully saturated rings. The second-order valence-electron chi connectivity index (χ2n) is 8.88. The molecule has 0 atom stereocenters. The molecule has 0 amide bonds. The molecule has 0 aliphatic heterocycles. The Hall–Kier alpha value is -2.04. The summed E-state index contributed by atoms with van der Waals surface area (Å²) < 4.78 is 15.3. The van der Waals surface area contributed by atoms with Crippen molar-refractivity contribution in [2.45, 2.75) is 110 Å². The molecule has 0 bridgehead atoms. The molecule has 0 N–H and O–H groups in total. The van der Waals surface area contributed by atoms with Crippen LogP contribution in [-0.4, -0.2) is 32.8 Å². The maximum absolute atomic E-state index is 11.8. The third-order valence-electron chi connectivity index (χ3n) is 6.02. The summed E-state index contributed by atoms with van der Waals surface area (Å²) in [4.78, 5) is 23.7. The Morgan fingerprint density at radius 3 is 1.30 bits per heavy atom. The van der Waals surface area contributed by atoms with Crippen LogP contribution in [0.25, 0.3) is 0 Å². The van der Waals surface area contributed by atoms with E-state index >= 15 is 0 Å². The van der Waals surface area contributed by atoms with Crippen molar-refractivity contribution in [1.82, 2.24) is 0 Å². The second kappa shape index (κ2) is 19.4. The van der Waals surface area contributed by atoms with Gasteiger partial charge in [-0.05, 0) is 24.6 Å². The molecule has 0 spiro atoms. The number of rotatable bonds is 20. The van der Waals surface area contributed by atoms with Gasteiger partial charge in [0.25, 0.3) is 0 Å². The van der Waals surface area contributed by atoms with E-state index in [0.29, 0.717) is 12.4 Å². The minimum atomic E-state index is -0.506. The first kappa shape index (κ1) is 29.0. The molecule has 1 rings (SSSR count). The van der Waals surface area contributed by atoms with E-state index in [9.17, 15) is 9.59 Å². The minimum Gasteiger partial charge on any atom is -0.494 e. The van der Waals surface area contributed by atoms with Gasteiger partial charge in [-0.15, -0.1) is 0 Å². The minimum absolute atomic E-state index is 0.280. The standard InChI is InChI=1S/C28H46O5/c1-4-5-6-7-8-9-10-11-12-13-14-15-16-17-18-19-20-33-26-22-24(27(29)31-2)21-25(23-26)28(30)32-3/h21-23H,4-20H2,1-3H3. The van der Waals surface area contributed by atoms with Crippen molar-refractivity contribution in [2.24, 2.45) is 0 Å². The van der Waals surface area contributed by atoms with Crippen LogP contribution < -0.4 is 4.74 Å². The summed E-state index contributed by atoms with van der Waals surface area (Å²) >= 11 is 0. The predicted molar refractivity (Wildman–Crippen MR) is 134 cm³/mol. The molecule has 5 heteroatoms. The van der Waals surface area contributed by atoms with Gasteiger partial charge in [-0.3, -0.25) is 0 Å². The van der Waals surface area contributed by atoms with Crippen LogP contribution in [0, 0.1) is 0 Å². The molecular formula is C28H46O5. The highest BCUT2D eigenvalue weighted by atomic mass is 16.5. The number of esters is 2. The molecule has 0 radical (unpaired) electrons. The van der Waals surface area contributed by atoms with Gasteiger partial charge in [0.1, 0.15) is 5.75 Å². The normalized spacial score (nSPS) is 10.8. The predicted octanol–water partition coefficient (Wildman–Crippen LogP) is 7.90. The summed E-state index contributed by atoms with van der Waals surface area (Å²) in [6.07, 6.45) is 21.2. The molecular weight excluding hydrogens is 416 g/mol. The zero-order chi connectivity index (χ0) is 24.2. The maximum atomic E-state index is 11.8. The van der Waals surface area contributed by atoms with Gasteiger partial charge in [0.15, 0.2) is 0 Å². The molecule has 33 heavy (non-hydrogen) atoms. The van der Waals surface area contributed by atoms with Crippen LogP contribution in [0.4, 0.5) is 0 Å². The van der Waals surface area contributed by atoms with Crippen molar-refractivity contribution in [1.29, 1.82) is 0 Å². The van der Waals surface area contributed by atoms with Gasteiger partial charge in [0.05, 0.1) is 32.0 Å². The number of methoxy groups -OCH3 is 2. The SMILES string of the molecule is CCCCCCCCCCCCCCCCCCOc1cc(C(=O)OC)cc(C(=O)OC)c1. The van der Waals surface area contributed by atoms with Crippen LogP contribution in [-0.2, 0) is 9.47 Å². The van der Waals surface area contributed by atoms with E-state index in [1.54, 1.807) is 12.1 Å². The van der Waals surface area contributed by atoms with Crippen LogP contribution in [0.2, 0.25) is 0 Å². The first-order valence-corrected chi connectivity index (χ1v) is 13.1. The molecule has 1 aromatic carbocycles. The Labute approximate surface area is 201 Å². The van der Waals surface area contributed by atoms with Gasteiger partial charge in [0.2, 0.25) is 0 Å². The van der Waals surface area contributed by atoms with E-state index in [1.165, 1.54) is 110 Å². The average molecular weight is 463 g/mol. The summed E-state index contributed by atoms with van der Waals surface area (Å²) in [6.45, 7) is 2.83. The maximum Gasteiger partial charge on any atom is 0.338 e. The average Bonchev–Trinajstić information content (AvgIpc) is 2.84. The number of unbranched alkanes of at least 4 members (excludes halogenated alkanes) is 15. The van der Waals surface area contributed by atoms with Crippen LogP contribution in [0.5, 0.6) is 5.75 Å². The van der Waals surface area contributed by atoms with E-state index in [-0.39, 0.29) is 11.1 Å². The number of benzene rings is 1. The van der Waals surface area contributed by atoms with Gasteiger partial charge in [-0.2, -0.15) is 0 Å². The summed E-state index contributed by atoms with van der Waals surface area (Å²) in [5.74, 6) is -0.528. The smallest absolute Gasteiger partial charge is 0.338 e. The molecule has 0 aliphatic rings. The van der Waals surface area contributed by atoms with Gasteiger partial charge in [-0.25, -0.2) is 9.59 Å². The summed E-state index contributed by atoms with van der Waals surface area (Å²) in [6, 6.07) is 4.66. The van der Waals surface area contributed by atoms with E-state index in [4.69, 9.17) is 14.2 Å². The first-order valence-electron chi connectivity index (χ1n) is 13.1. The fourth-order valence-electron chi connectivity index (χ4n) is 3.99. The monoisotopic (exact) mass is 462 g/mol. The lowest BCUT2D eigenvalue weighted by atomic mass is 10.0. The lowest BCUT2D eigenvalue weighted by Crippen LogP contribution is -2.08. The molecule has 0 unspecified atom stereocenters. The summed E-state index contributed by atoms with van der Waals surface area (Å²) in [5, 5.41) is 0. The zero-order valence-electron chi connectivity index (χ0n) is 21.3. The largest absolute Gasteiger partial charge is 0.494 e. The highest BCUT2D eigenvalue weighted by molar-refractivity contribution is 5.96. The van der Waals surface area contributed by atoms with E-state index < -0.39 is 11.9 Å². The molecule has 0 aliphatic carbocycles. The Kier molecular flexibility index (Phi) is 17.1.